The Morgan fingerprint density at radius 3 is 1.53 bits per heavy atom. The third-order valence-corrected chi connectivity index (χ3v) is 12.5. The van der Waals surface area contributed by atoms with E-state index < -0.39 is 78.5 Å². The largest absolute Gasteiger partial charge is 0.397 e. The number of amides is 1. The van der Waals surface area contributed by atoms with Gasteiger partial charge in [0.15, 0.2) is 6.29 Å². The molecule has 8 atom stereocenters. The van der Waals surface area contributed by atoms with Gasteiger partial charge in [0.1, 0.15) is 30.5 Å². The number of rotatable bonds is 43. The predicted molar refractivity (Wildman–Crippen MR) is 256 cm³/mol. The predicted octanol–water partition coefficient (Wildman–Crippen LogP) is 9.64. The molecule has 1 saturated heterocycles. The van der Waals surface area contributed by atoms with Gasteiger partial charge in [-0.25, -0.2) is 4.18 Å². The number of aliphatic hydroxyl groups excluding tert-OH is 5. The first-order valence-electron chi connectivity index (χ1n) is 25.5. The van der Waals surface area contributed by atoms with Crippen molar-refractivity contribution in [2.75, 3.05) is 13.2 Å². The van der Waals surface area contributed by atoms with E-state index in [1.165, 1.54) is 128 Å². The summed E-state index contributed by atoms with van der Waals surface area (Å²) in [5.41, 5.74) is 0. The van der Waals surface area contributed by atoms with E-state index in [2.05, 4.69) is 47.7 Å². The molecule has 1 fully saturated rings. The van der Waals surface area contributed by atoms with Crippen molar-refractivity contribution in [3.8, 4) is 0 Å². The van der Waals surface area contributed by atoms with Crippen LogP contribution in [0.25, 0.3) is 0 Å². The normalized spacial score (nSPS) is 21.0. The van der Waals surface area contributed by atoms with Crippen molar-refractivity contribution in [1.82, 2.24) is 5.32 Å². The average Bonchev–Trinajstić information content (AvgIpc) is 3.27. The third kappa shape index (κ3) is 32.1. The quantitative estimate of drug-likeness (QED) is 0.0132. The van der Waals surface area contributed by atoms with Crippen molar-refractivity contribution in [2.24, 2.45) is 0 Å². The molecule has 0 aromatic rings. The van der Waals surface area contributed by atoms with E-state index in [0.717, 1.165) is 57.8 Å². The minimum absolute atomic E-state index is 0.225. The van der Waals surface area contributed by atoms with Crippen LogP contribution in [-0.2, 0) is 28.9 Å². The molecule has 14 heteroatoms. The van der Waals surface area contributed by atoms with Crippen LogP contribution in [0.5, 0.6) is 0 Å². The average molecular weight is 932 g/mol. The molecule has 1 aliphatic rings. The highest BCUT2D eigenvalue weighted by Crippen LogP contribution is 2.26. The first kappa shape index (κ1) is 60.3. The van der Waals surface area contributed by atoms with E-state index in [1.54, 1.807) is 0 Å². The topological polar surface area (TPSA) is 212 Å². The van der Waals surface area contributed by atoms with Crippen molar-refractivity contribution in [2.45, 2.75) is 262 Å². The molecule has 0 saturated carbocycles. The lowest BCUT2D eigenvalue weighted by atomic mass is 9.99. The molecule has 0 aromatic carbocycles. The molecule has 0 aromatic heterocycles. The van der Waals surface area contributed by atoms with Gasteiger partial charge in [-0.15, -0.1) is 0 Å². The van der Waals surface area contributed by atoms with Gasteiger partial charge in [-0.1, -0.05) is 204 Å². The third-order valence-electron chi connectivity index (χ3n) is 12.1. The van der Waals surface area contributed by atoms with E-state index in [0.29, 0.717) is 12.8 Å². The van der Waals surface area contributed by atoms with Crippen LogP contribution in [0, 0.1) is 0 Å². The molecule has 1 aliphatic heterocycles. The molecule has 0 bridgehead atoms. The Labute approximate surface area is 388 Å². The summed E-state index contributed by atoms with van der Waals surface area (Å²) in [5, 5.41) is 55.3. The number of nitrogens with one attached hydrogen (secondary N) is 1. The lowest BCUT2D eigenvalue weighted by Crippen LogP contribution is -2.61. The maximum absolute atomic E-state index is 13.1. The van der Waals surface area contributed by atoms with E-state index in [1.807, 2.05) is 6.08 Å². The standard InChI is InChI=1S/C50H93NO12S/c1-3-5-7-9-11-13-15-17-19-20-21-22-23-24-25-27-28-30-32-34-36-38-43(53)42(41-61-50-47(56)48(63-64(58,59)60)46(55)45(40-52)62-50)51-49(57)44(54)39-37-35-33-31-29-26-18-16-14-12-10-8-6-4-2/h12,14,16,18,36,38,42-48,50,52-56H,3-11,13,15,17,19-35,37,39-41H2,1-2H3,(H,51,57)(H,58,59,60)/b14-12-,18-16-,38-36+. The zero-order valence-corrected chi connectivity index (χ0v) is 40.8. The Balaban J connectivity index is 2.53. The van der Waals surface area contributed by atoms with Gasteiger partial charge in [-0.2, -0.15) is 8.42 Å². The second-order valence-corrected chi connectivity index (χ2v) is 19.0. The van der Waals surface area contributed by atoms with Gasteiger partial charge >= 0.3 is 10.4 Å². The second-order valence-electron chi connectivity index (χ2n) is 17.9. The summed E-state index contributed by atoms with van der Waals surface area (Å²) in [6, 6.07) is -1.13. The summed E-state index contributed by atoms with van der Waals surface area (Å²) in [5.74, 6) is -0.714. The van der Waals surface area contributed by atoms with Gasteiger partial charge in [0.05, 0.1) is 25.4 Å². The molecule has 1 amide bonds. The fourth-order valence-corrected chi connectivity index (χ4v) is 8.49. The number of allylic oxidation sites excluding steroid dienone is 5. The molecule has 376 valence electrons. The molecule has 0 spiro atoms. The van der Waals surface area contributed by atoms with E-state index in [4.69, 9.17) is 9.47 Å². The number of aliphatic hydroxyl groups is 5. The fraction of sp³-hybridized carbons (Fsp3) is 0.860. The summed E-state index contributed by atoms with van der Waals surface area (Å²) in [4.78, 5) is 13.1. The zero-order valence-electron chi connectivity index (χ0n) is 40.0. The van der Waals surface area contributed by atoms with Crippen LogP contribution in [0.15, 0.2) is 36.5 Å². The van der Waals surface area contributed by atoms with Crippen LogP contribution in [0.3, 0.4) is 0 Å². The number of carbonyl (C=O) groups is 1. The molecule has 7 N–H and O–H groups in total. The van der Waals surface area contributed by atoms with Crippen molar-refractivity contribution in [3.63, 3.8) is 0 Å². The fourth-order valence-electron chi connectivity index (χ4n) is 7.98. The van der Waals surface area contributed by atoms with Crippen molar-refractivity contribution < 1.29 is 57.0 Å². The molecule has 8 unspecified atom stereocenters. The Morgan fingerprint density at radius 2 is 1.06 bits per heavy atom. The number of unbranched alkanes of at least 4 members (excludes halogenated alkanes) is 27. The Bertz CT molecular complexity index is 1300. The molecule has 1 rings (SSSR count). The second kappa shape index (κ2) is 40.4. The first-order valence-corrected chi connectivity index (χ1v) is 26.9. The molecule has 0 aliphatic carbocycles. The zero-order chi connectivity index (χ0) is 47.1. The van der Waals surface area contributed by atoms with Gasteiger partial charge in [-0.3, -0.25) is 9.35 Å². The number of ether oxygens (including phenoxy) is 2. The molecule has 13 nitrogen and oxygen atoms in total. The number of carbonyl (C=O) groups excluding carboxylic acids is 1. The SMILES string of the molecule is CCCCC/C=C\C=C/CCCCCCCC(O)C(=O)NC(COC1OC(CO)C(O)C(OS(=O)(=O)O)C1O)C(O)/C=C/CCCCCCCCCCCCCCCCCCCCC. The monoisotopic (exact) mass is 932 g/mol. The molecule has 0 radical (unpaired) electrons. The summed E-state index contributed by atoms with van der Waals surface area (Å²) in [6.07, 6.45) is 36.5. The molecular formula is C50H93NO12S. The molecular weight excluding hydrogens is 839 g/mol. The lowest BCUT2D eigenvalue weighted by molar-refractivity contribution is -0.298. The lowest BCUT2D eigenvalue weighted by Gasteiger charge is -2.41. The minimum Gasteiger partial charge on any atom is -0.394 e. The number of hydrogen-bond donors (Lipinski definition) is 7. The Morgan fingerprint density at radius 1 is 0.641 bits per heavy atom. The van der Waals surface area contributed by atoms with Crippen LogP contribution in [0.1, 0.15) is 213 Å². The van der Waals surface area contributed by atoms with E-state index in [9.17, 15) is 43.3 Å². The summed E-state index contributed by atoms with van der Waals surface area (Å²) in [7, 11) is -5.12. The highest BCUT2D eigenvalue weighted by atomic mass is 32.3. The Kier molecular flexibility index (Phi) is 38.0. The highest BCUT2D eigenvalue weighted by Gasteiger charge is 2.48. The smallest absolute Gasteiger partial charge is 0.394 e. The Hall–Kier alpha value is -1.72. The van der Waals surface area contributed by atoms with E-state index >= 15 is 0 Å². The molecule has 64 heavy (non-hydrogen) atoms. The van der Waals surface area contributed by atoms with E-state index in [-0.39, 0.29) is 6.42 Å². The summed E-state index contributed by atoms with van der Waals surface area (Å²) in [6.45, 7) is 3.19. The van der Waals surface area contributed by atoms with Crippen LogP contribution >= 0.6 is 0 Å². The van der Waals surface area contributed by atoms with Gasteiger partial charge in [0.25, 0.3) is 0 Å². The van der Waals surface area contributed by atoms with Gasteiger partial charge in [0, 0.05) is 0 Å². The van der Waals surface area contributed by atoms with Gasteiger partial charge < -0.3 is 40.3 Å². The molecule has 1 heterocycles. The maximum Gasteiger partial charge on any atom is 0.397 e. The van der Waals surface area contributed by atoms with Gasteiger partial charge in [0.2, 0.25) is 5.91 Å². The van der Waals surface area contributed by atoms with Crippen molar-refractivity contribution in [3.05, 3.63) is 36.5 Å². The summed E-state index contributed by atoms with van der Waals surface area (Å²) < 4.78 is 47.6. The maximum atomic E-state index is 13.1. The first-order chi connectivity index (χ1) is 30.9. The number of hydrogen-bond acceptors (Lipinski definition) is 11. The van der Waals surface area contributed by atoms with Crippen molar-refractivity contribution in [1.29, 1.82) is 0 Å². The van der Waals surface area contributed by atoms with Crippen LogP contribution < -0.4 is 5.32 Å². The highest BCUT2D eigenvalue weighted by molar-refractivity contribution is 7.80. The summed E-state index contributed by atoms with van der Waals surface area (Å²) >= 11 is 0. The van der Waals surface area contributed by atoms with Crippen molar-refractivity contribution >= 4 is 16.3 Å². The van der Waals surface area contributed by atoms with Crippen LogP contribution in [0.2, 0.25) is 0 Å². The van der Waals surface area contributed by atoms with Gasteiger partial charge in [-0.05, 0) is 44.9 Å². The van der Waals surface area contributed by atoms with Crippen LogP contribution in [-0.4, -0.2) is 107 Å². The van der Waals surface area contributed by atoms with Crippen LogP contribution in [0.4, 0.5) is 0 Å². The minimum atomic E-state index is -5.12.